The summed E-state index contributed by atoms with van der Waals surface area (Å²) in [6.45, 7) is 3.10. The molecule has 20 heavy (non-hydrogen) atoms. The van der Waals surface area contributed by atoms with Crippen molar-refractivity contribution < 1.29 is 4.39 Å². The zero-order valence-corrected chi connectivity index (χ0v) is 14.5. The van der Waals surface area contributed by atoms with Crippen molar-refractivity contribution in [2.75, 3.05) is 17.6 Å². The van der Waals surface area contributed by atoms with Crippen LogP contribution in [-0.2, 0) is 0 Å². The Morgan fingerprint density at radius 3 is 2.30 bits per heavy atom. The fourth-order valence-electron chi connectivity index (χ4n) is 2.20. The second-order valence-corrected chi connectivity index (χ2v) is 6.42. The molecule has 0 aromatic heterocycles. The summed E-state index contributed by atoms with van der Waals surface area (Å²) in [5.74, 6) is -0.210. The summed E-state index contributed by atoms with van der Waals surface area (Å²) in [5.41, 5.74) is 7.20. The Bertz CT molecular complexity index is 396. The monoisotopic (exact) mass is 392 g/mol. The minimum Gasteiger partial charge on any atom is -0.397 e. The first kappa shape index (κ1) is 17.5. The third-order valence-corrected chi connectivity index (χ3v) is 4.26. The summed E-state index contributed by atoms with van der Waals surface area (Å²) in [4.78, 5) is 0. The number of benzene rings is 1. The number of rotatable bonds is 10. The van der Waals surface area contributed by atoms with Crippen molar-refractivity contribution in [2.24, 2.45) is 0 Å². The molecule has 1 aromatic carbocycles. The molecule has 0 unspecified atom stereocenters. The molecule has 0 bridgehead atoms. The van der Waals surface area contributed by atoms with E-state index in [2.05, 4.69) is 12.2 Å². The second-order valence-electron chi connectivity index (χ2n) is 5.26. The molecule has 0 radical (unpaired) electrons. The van der Waals surface area contributed by atoms with Crippen molar-refractivity contribution in [1.82, 2.24) is 0 Å². The second kappa shape index (κ2) is 10.2. The van der Waals surface area contributed by atoms with E-state index in [0.717, 1.165) is 13.0 Å². The SMILES string of the molecule is CCCCCCCCCCNc1cc(F)c(I)cc1N. The predicted octanol–water partition coefficient (Wildman–Crippen LogP) is 5.57. The van der Waals surface area contributed by atoms with Crippen molar-refractivity contribution >= 4 is 34.0 Å². The maximum absolute atomic E-state index is 13.4. The number of nitrogens with one attached hydrogen (secondary N) is 1. The summed E-state index contributed by atoms with van der Waals surface area (Å²) in [5, 5.41) is 3.22. The molecule has 4 heteroatoms. The van der Waals surface area contributed by atoms with Gasteiger partial charge in [0, 0.05) is 12.6 Å². The summed E-state index contributed by atoms with van der Waals surface area (Å²) >= 11 is 1.95. The highest BCUT2D eigenvalue weighted by Gasteiger charge is 2.05. The highest BCUT2D eigenvalue weighted by Crippen LogP contribution is 2.24. The Morgan fingerprint density at radius 2 is 1.65 bits per heavy atom. The average molecular weight is 392 g/mol. The van der Waals surface area contributed by atoms with Crippen molar-refractivity contribution in [3.8, 4) is 0 Å². The van der Waals surface area contributed by atoms with Crippen LogP contribution in [0.25, 0.3) is 0 Å². The number of hydrogen-bond donors (Lipinski definition) is 2. The van der Waals surface area contributed by atoms with Crippen molar-refractivity contribution in [2.45, 2.75) is 58.3 Å². The van der Waals surface area contributed by atoms with E-state index in [1.807, 2.05) is 22.6 Å². The van der Waals surface area contributed by atoms with Crippen LogP contribution in [-0.4, -0.2) is 6.54 Å². The van der Waals surface area contributed by atoms with Crippen LogP contribution in [0, 0.1) is 9.39 Å². The fourth-order valence-corrected chi connectivity index (χ4v) is 2.69. The summed E-state index contributed by atoms with van der Waals surface area (Å²) in [6, 6.07) is 3.16. The van der Waals surface area contributed by atoms with Crippen molar-refractivity contribution in [3.05, 3.63) is 21.5 Å². The van der Waals surface area contributed by atoms with E-state index in [1.165, 1.54) is 51.0 Å². The van der Waals surface area contributed by atoms with Gasteiger partial charge in [-0.15, -0.1) is 0 Å². The van der Waals surface area contributed by atoms with E-state index >= 15 is 0 Å². The number of nitrogen functional groups attached to an aromatic ring is 1. The quantitative estimate of drug-likeness (QED) is 0.311. The van der Waals surface area contributed by atoms with Crippen LogP contribution < -0.4 is 11.1 Å². The smallest absolute Gasteiger partial charge is 0.138 e. The largest absolute Gasteiger partial charge is 0.397 e. The van der Waals surface area contributed by atoms with Gasteiger partial charge in [-0.1, -0.05) is 51.9 Å². The summed E-state index contributed by atoms with van der Waals surface area (Å²) in [6.07, 6.45) is 10.4. The molecule has 1 aromatic rings. The Hall–Kier alpha value is -0.520. The van der Waals surface area contributed by atoms with E-state index < -0.39 is 0 Å². The van der Waals surface area contributed by atoms with E-state index in [4.69, 9.17) is 5.73 Å². The Labute approximate surface area is 135 Å². The Kier molecular flexibility index (Phi) is 8.98. The molecule has 3 N–H and O–H groups in total. The molecule has 0 fully saturated rings. The van der Waals surface area contributed by atoms with Crippen molar-refractivity contribution in [3.63, 3.8) is 0 Å². The highest BCUT2D eigenvalue weighted by atomic mass is 127. The Morgan fingerprint density at radius 1 is 1.05 bits per heavy atom. The van der Waals surface area contributed by atoms with Crippen LogP contribution in [0.1, 0.15) is 58.3 Å². The van der Waals surface area contributed by atoms with Gasteiger partial charge in [0.25, 0.3) is 0 Å². The van der Waals surface area contributed by atoms with Gasteiger partial charge < -0.3 is 11.1 Å². The van der Waals surface area contributed by atoms with Crippen LogP contribution in [0.2, 0.25) is 0 Å². The van der Waals surface area contributed by atoms with Crippen LogP contribution in [0.15, 0.2) is 12.1 Å². The van der Waals surface area contributed by atoms with Gasteiger partial charge in [-0.25, -0.2) is 4.39 Å². The highest BCUT2D eigenvalue weighted by molar-refractivity contribution is 14.1. The lowest BCUT2D eigenvalue weighted by atomic mass is 10.1. The molecular weight excluding hydrogens is 366 g/mol. The molecule has 0 aliphatic heterocycles. The molecular formula is C16H26FIN2. The van der Waals surface area contributed by atoms with Gasteiger partial charge >= 0.3 is 0 Å². The first-order chi connectivity index (χ1) is 9.65. The molecule has 0 amide bonds. The van der Waals surface area contributed by atoms with E-state index in [-0.39, 0.29) is 5.82 Å². The molecule has 0 spiro atoms. The first-order valence-electron chi connectivity index (χ1n) is 7.63. The normalized spacial score (nSPS) is 10.8. The molecule has 0 saturated heterocycles. The molecule has 0 atom stereocenters. The number of hydrogen-bond acceptors (Lipinski definition) is 2. The zero-order valence-electron chi connectivity index (χ0n) is 12.4. The van der Waals surface area contributed by atoms with Crippen LogP contribution in [0.3, 0.4) is 0 Å². The van der Waals surface area contributed by atoms with E-state index in [1.54, 1.807) is 6.07 Å². The fraction of sp³-hybridized carbons (Fsp3) is 0.625. The zero-order chi connectivity index (χ0) is 14.8. The number of halogens is 2. The molecule has 0 heterocycles. The van der Waals surface area contributed by atoms with Gasteiger partial charge in [0.05, 0.1) is 14.9 Å². The van der Waals surface area contributed by atoms with Crippen LogP contribution in [0.5, 0.6) is 0 Å². The van der Waals surface area contributed by atoms with Gasteiger partial charge in [-0.05, 0) is 35.1 Å². The Balaban J connectivity index is 2.11. The van der Waals surface area contributed by atoms with E-state index in [0.29, 0.717) is 14.9 Å². The number of anilines is 2. The standard InChI is InChI=1S/C16H26FIN2/c1-2-3-4-5-6-7-8-9-10-20-16-11-13(17)14(18)12-15(16)19/h11-12,20H,2-10,19H2,1H3. The predicted molar refractivity (Wildman–Crippen MR) is 94.6 cm³/mol. The molecule has 114 valence electrons. The summed E-state index contributed by atoms with van der Waals surface area (Å²) < 4.78 is 14.0. The topological polar surface area (TPSA) is 38.0 Å². The lowest BCUT2D eigenvalue weighted by Gasteiger charge is -2.10. The van der Waals surface area contributed by atoms with Crippen molar-refractivity contribution in [1.29, 1.82) is 0 Å². The minimum atomic E-state index is -0.210. The molecule has 0 aliphatic rings. The number of nitrogens with two attached hydrogens (primary N) is 1. The van der Waals surface area contributed by atoms with E-state index in [9.17, 15) is 4.39 Å². The third kappa shape index (κ3) is 6.77. The average Bonchev–Trinajstić information content (AvgIpc) is 2.42. The minimum absolute atomic E-state index is 0.210. The maximum Gasteiger partial charge on any atom is 0.138 e. The third-order valence-electron chi connectivity index (χ3n) is 3.44. The molecule has 0 aliphatic carbocycles. The number of unbranched alkanes of at least 4 members (excludes halogenated alkanes) is 7. The first-order valence-corrected chi connectivity index (χ1v) is 8.71. The van der Waals surface area contributed by atoms with Crippen LogP contribution >= 0.6 is 22.6 Å². The lowest BCUT2D eigenvalue weighted by molar-refractivity contribution is 0.581. The van der Waals surface area contributed by atoms with Gasteiger partial charge in [-0.3, -0.25) is 0 Å². The van der Waals surface area contributed by atoms with Gasteiger partial charge in [0.1, 0.15) is 5.82 Å². The van der Waals surface area contributed by atoms with Gasteiger partial charge in [-0.2, -0.15) is 0 Å². The van der Waals surface area contributed by atoms with Gasteiger partial charge in [0.2, 0.25) is 0 Å². The van der Waals surface area contributed by atoms with Gasteiger partial charge in [0.15, 0.2) is 0 Å². The molecule has 0 saturated carbocycles. The molecule has 1 rings (SSSR count). The summed E-state index contributed by atoms with van der Waals surface area (Å²) in [7, 11) is 0. The lowest BCUT2D eigenvalue weighted by Crippen LogP contribution is -2.05. The van der Waals surface area contributed by atoms with Crippen LogP contribution in [0.4, 0.5) is 15.8 Å². The molecule has 2 nitrogen and oxygen atoms in total. The maximum atomic E-state index is 13.4.